The van der Waals surface area contributed by atoms with Crippen LogP contribution in [0.5, 0.6) is 11.5 Å². The van der Waals surface area contributed by atoms with Gasteiger partial charge in [-0.2, -0.15) is 5.10 Å². The molecule has 0 bridgehead atoms. The number of benzene rings is 3. The fraction of sp³-hybridized carbons (Fsp3) is 0.192. The Balaban J connectivity index is 1.38. The molecule has 2 aliphatic rings. The lowest BCUT2D eigenvalue weighted by Gasteiger charge is -2.29. The van der Waals surface area contributed by atoms with Crippen molar-refractivity contribution in [1.29, 1.82) is 0 Å². The van der Waals surface area contributed by atoms with E-state index in [2.05, 4.69) is 21.2 Å². The van der Waals surface area contributed by atoms with Gasteiger partial charge >= 0.3 is 11.8 Å². The third kappa shape index (κ3) is 4.65. The van der Waals surface area contributed by atoms with Gasteiger partial charge < -0.3 is 20.1 Å². The second-order valence-corrected chi connectivity index (χ2v) is 8.28. The summed E-state index contributed by atoms with van der Waals surface area (Å²) in [6, 6.07) is 18.5. The van der Waals surface area contributed by atoms with E-state index in [1.165, 1.54) is 6.07 Å². The number of hydrazone groups is 1. The lowest BCUT2D eigenvalue weighted by molar-refractivity contribution is -0.139. The molecule has 0 aliphatic carbocycles. The Morgan fingerprint density at radius 3 is 2.51 bits per heavy atom. The van der Waals surface area contributed by atoms with Crippen LogP contribution in [0.4, 0.5) is 10.1 Å². The largest absolute Gasteiger partial charge is 0.454 e. The summed E-state index contributed by atoms with van der Waals surface area (Å²) in [5.41, 5.74) is 5.48. The predicted octanol–water partition coefficient (Wildman–Crippen LogP) is 3.81. The van der Waals surface area contributed by atoms with Crippen LogP contribution in [0, 0.1) is 5.82 Å². The molecule has 2 amide bonds. The van der Waals surface area contributed by atoms with Gasteiger partial charge in [0.15, 0.2) is 11.5 Å². The lowest BCUT2D eigenvalue weighted by Crippen LogP contribution is -2.39. The standard InChI is InChI=1S/C26H23FN4O4/c1-15(16-7-3-2-4-8-16)28-25(32)26(33)31-30-22-12-20(17-9-5-6-10-19(17)27)29-21-13-24-23(11-18(21)22)34-14-35-24/h2-11,13,15,20,29H,12,14H2,1H3,(H,28,32)(H,31,33)/b30-22+/t15?,20-/m1/s1. The number of halogens is 1. The van der Waals surface area contributed by atoms with Gasteiger partial charge in [-0.15, -0.1) is 0 Å². The van der Waals surface area contributed by atoms with E-state index in [1.54, 1.807) is 37.3 Å². The van der Waals surface area contributed by atoms with Gasteiger partial charge in [0.25, 0.3) is 0 Å². The molecule has 2 aliphatic heterocycles. The Labute approximate surface area is 201 Å². The molecule has 8 nitrogen and oxygen atoms in total. The maximum atomic E-state index is 14.5. The van der Waals surface area contributed by atoms with E-state index in [0.717, 1.165) is 5.56 Å². The fourth-order valence-electron chi connectivity index (χ4n) is 4.15. The third-order valence-electron chi connectivity index (χ3n) is 5.98. The third-order valence-corrected chi connectivity index (χ3v) is 5.98. The van der Waals surface area contributed by atoms with Crippen molar-refractivity contribution >= 4 is 23.2 Å². The molecule has 0 saturated heterocycles. The molecular formula is C26H23FN4O4. The van der Waals surface area contributed by atoms with Crippen molar-refractivity contribution in [2.24, 2.45) is 5.10 Å². The van der Waals surface area contributed by atoms with E-state index in [4.69, 9.17) is 9.47 Å². The highest BCUT2D eigenvalue weighted by Crippen LogP contribution is 2.42. The van der Waals surface area contributed by atoms with Crippen molar-refractivity contribution in [2.75, 3.05) is 12.1 Å². The smallest absolute Gasteiger partial charge is 0.329 e. The van der Waals surface area contributed by atoms with Crippen LogP contribution in [0.25, 0.3) is 0 Å². The van der Waals surface area contributed by atoms with E-state index in [0.29, 0.717) is 34.0 Å². The van der Waals surface area contributed by atoms with Gasteiger partial charge in [0.05, 0.1) is 17.8 Å². The average Bonchev–Trinajstić information content (AvgIpc) is 3.33. The van der Waals surface area contributed by atoms with E-state index in [9.17, 15) is 14.0 Å². The first-order valence-electron chi connectivity index (χ1n) is 11.2. The molecule has 3 N–H and O–H groups in total. The van der Waals surface area contributed by atoms with Crippen molar-refractivity contribution in [3.63, 3.8) is 0 Å². The number of amides is 2. The Bertz CT molecular complexity index is 1310. The molecule has 5 rings (SSSR count). The molecule has 9 heteroatoms. The molecule has 0 radical (unpaired) electrons. The van der Waals surface area contributed by atoms with Crippen LogP contribution in [0.1, 0.15) is 42.1 Å². The van der Waals surface area contributed by atoms with Crippen molar-refractivity contribution in [1.82, 2.24) is 10.7 Å². The van der Waals surface area contributed by atoms with E-state index in [-0.39, 0.29) is 25.1 Å². The SMILES string of the molecule is CC(NC(=O)C(=O)N/N=C1\C[C@H](c2ccccc2F)Nc2cc3c(cc21)OCO3)c1ccccc1. The maximum absolute atomic E-state index is 14.5. The van der Waals surface area contributed by atoms with Crippen LogP contribution in [0.15, 0.2) is 71.8 Å². The van der Waals surface area contributed by atoms with Crippen LogP contribution in [0.2, 0.25) is 0 Å². The highest BCUT2D eigenvalue weighted by molar-refractivity contribution is 6.35. The number of rotatable bonds is 4. The molecule has 0 spiro atoms. The molecule has 3 aromatic carbocycles. The first-order chi connectivity index (χ1) is 17.0. The summed E-state index contributed by atoms with van der Waals surface area (Å²) >= 11 is 0. The minimum absolute atomic E-state index is 0.0952. The van der Waals surface area contributed by atoms with Crippen LogP contribution < -0.4 is 25.5 Å². The van der Waals surface area contributed by atoms with Gasteiger partial charge in [-0.3, -0.25) is 9.59 Å². The molecular weight excluding hydrogens is 451 g/mol. The summed E-state index contributed by atoms with van der Waals surface area (Å²) in [6.07, 6.45) is 0.274. The summed E-state index contributed by atoms with van der Waals surface area (Å²) in [4.78, 5) is 24.9. The van der Waals surface area contributed by atoms with Gasteiger partial charge in [0, 0.05) is 29.3 Å². The fourth-order valence-corrected chi connectivity index (χ4v) is 4.15. The number of carbonyl (C=O) groups excluding carboxylic acids is 2. The van der Waals surface area contributed by atoms with Crippen molar-refractivity contribution in [3.8, 4) is 11.5 Å². The average molecular weight is 474 g/mol. The Kier molecular flexibility index (Phi) is 6.05. The van der Waals surface area contributed by atoms with Crippen molar-refractivity contribution in [3.05, 3.63) is 89.2 Å². The van der Waals surface area contributed by atoms with Gasteiger partial charge in [0.2, 0.25) is 6.79 Å². The molecule has 178 valence electrons. The van der Waals surface area contributed by atoms with Crippen LogP contribution in [-0.2, 0) is 9.59 Å². The number of nitrogens with zero attached hydrogens (tertiary/aromatic N) is 1. The second-order valence-electron chi connectivity index (χ2n) is 8.28. The van der Waals surface area contributed by atoms with Crippen LogP contribution >= 0.6 is 0 Å². The number of hydrogen-bond donors (Lipinski definition) is 3. The van der Waals surface area contributed by atoms with E-state index in [1.807, 2.05) is 30.3 Å². The molecule has 35 heavy (non-hydrogen) atoms. The predicted molar refractivity (Wildman–Crippen MR) is 128 cm³/mol. The molecule has 2 heterocycles. The van der Waals surface area contributed by atoms with Crippen LogP contribution in [-0.4, -0.2) is 24.3 Å². The van der Waals surface area contributed by atoms with Gasteiger partial charge in [-0.1, -0.05) is 48.5 Å². The summed E-state index contributed by atoms with van der Waals surface area (Å²) in [6.45, 7) is 1.88. The number of carbonyl (C=O) groups is 2. The highest BCUT2D eigenvalue weighted by Gasteiger charge is 2.29. The van der Waals surface area contributed by atoms with Gasteiger partial charge in [-0.05, 0) is 24.6 Å². The molecule has 0 fully saturated rings. The van der Waals surface area contributed by atoms with Crippen molar-refractivity contribution in [2.45, 2.75) is 25.4 Å². The lowest BCUT2D eigenvalue weighted by atomic mass is 9.91. The molecule has 0 saturated carbocycles. The molecule has 0 aromatic heterocycles. The van der Waals surface area contributed by atoms with E-state index < -0.39 is 17.9 Å². The van der Waals surface area contributed by atoms with Gasteiger partial charge in [-0.25, -0.2) is 9.82 Å². The quantitative estimate of drug-likeness (QED) is 0.394. The molecule has 3 aromatic rings. The molecule has 1 unspecified atom stereocenters. The summed E-state index contributed by atoms with van der Waals surface area (Å²) in [5, 5.41) is 10.2. The Hall–Kier alpha value is -4.40. The van der Waals surface area contributed by atoms with E-state index >= 15 is 0 Å². The summed E-state index contributed by atoms with van der Waals surface area (Å²) in [7, 11) is 0. The topological polar surface area (TPSA) is 101 Å². The monoisotopic (exact) mass is 474 g/mol. The number of hydrogen-bond acceptors (Lipinski definition) is 6. The van der Waals surface area contributed by atoms with Crippen LogP contribution in [0.3, 0.4) is 0 Å². The Morgan fingerprint density at radius 2 is 1.74 bits per heavy atom. The second kappa shape index (κ2) is 9.46. The highest BCUT2D eigenvalue weighted by atomic mass is 19.1. The first kappa shape index (κ1) is 22.4. The number of anilines is 1. The Morgan fingerprint density at radius 1 is 1.03 bits per heavy atom. The first-order valence-corrected chi connectivity index (χ1v) is 11.2. The zero-order valence-electron chi connectivity index (χ0n) is 18.9. The minimum atomic E-state index is -0.899. The number of fused-ring (bicyclic) bond motifs is 2. The zero-order valence-corrected chi connectivity index (χ0v) is 18.9. The maximum Gasteiger partial charge on any atom is 0.329 e. The minimum Gasteiger partial charge on any atom is -0.454 e. The molecule has 2 atom stereocenters. The number of ether oxygens (including phenoxy) is 2. The van der Waals surface area contributed by atoms with Gasteiger partial charge in [0.1, 0.15) is 5.82 Å². The number of nitrogens with one attached hydrogen (secondary N) is 3. The normalized spacial score (nSPS) is 17.8. The summed E-state index contributed by atoms with van der Waals surface area (Å²) in [5.74, 6) is -0.960. The summed E-state index contributed by atoms with van der Waals surface area (Å²) < 4.78 is 25.5. The zero-order chi connectivity index (χ0) is 24.4. The van der Waals surface area contributed by atoms with Crippen molar-refractivity contribution < 1.29 is 23.5 Å².